The first kappa shape index (κ1) is 11.0. The fourth-order valence-electron chi connectivity index (χ4n) is 2.78. The monoisotopic (exact) mass is 276 g/mol. The van der Waals surface area contributed by atoms with E-state index in [0.717, 1.165) is 35.0 Å². The molecule has 0 radical (unpaired) electrons. The molecule has 2 aliphatic rings. The molecule has 18 heavy (non-hydrogen) atoms. The maximum absolute atomic E-state index is 6.36. The number of halogens is 1. The van der Waals surface area contributed by atoms with Crippen LogP contribution in [0.1, 0.15) is 34.7 Å². The highest BCUT2D eigenvalue weighted by Gasteiger charge is 2.39. The summed E-state index contributed by atoms with van der Waals surface area (Å²) >= 11 is 7.82. The minimum absolute atomic E-state index is 0.137. The van der Waals surface area contributed by atoms with Gasteiger partial charge in [0.1, 0.15) is 5.01 Å². The zero-order valence-corrected chi connectivity index (χ0v) is 11.4. The first-order valence-electron chi connectivity index (χ1n) is 6.24. The van der Waals surface area contributed by atoms with Gasteiger partial charge in [-0.2, -0.15) is 0 Å². The first-order valence-corrected chi connectivity index (χ1v) is 7.43. The Morgan fingerprint density at radius 1 is 1.33 bits per heavy atom. The van der Waals surface area contributed by atoms with Gasteiger partial charge in [-0.3, -0.25) is 0 Å². The van der Waals surface area contributed by atoms with Crippen molar-refractivity contribution < 1.29 is 0 Å². The van der Waals surface area contributed by atoms with E-state index in [1.54, 1.807) is 11.3 Å². The van der Waals surface area contributed by atoms with E-state index < -0.39 is 0 Å². The molecule has 0 atom stereocenters. The third-order valence-corrected chi connectivity index (χ3v) is 5.55. The minimum Gasteiger partial charge on any atom is -0.319 e. The predicted octanol–water partition coefficient (Wildman–Crippen LogP) is 3.71. The van der Waals surface area contributed by atoms with Gasteiger partial charge in [-0.25, -0.2) is 4.98 Å². The quantitative estimate of drug-likeness (QED) is 0.736. The highest BCUT2D eigenvalue weighted by atomic mass is 35.5. The van der Waals surface area contributed by atoms with Gasteiger partial charge in [-0.1, -0.05) is 17.7 Å². The molecule has 1 fully saturated rings. The van der Waals surface area contributed by atoms with E-state index in [0.29, 0.717) is 0 Å². The normalized spacial score (nSPS) is 19.2. The third kappa shape index (κ3) is 1.41. The second-order valence-electron chi connectivity index (χ2n) is 5.28. The van der Waals surface area contributed by atoms with Gasteiger partial charge in [-0.05, 0) is 37.0 Å². The Kier molecular flexibility index (Phi) is 2.17. The fourth-order valence-corrected chi connectivity index (χ4v) is 4.23. The smallest absolute Gasteiger partial charge is 0.113 e. The summed E-state index contributed by atoms with van der Waals surface area (Å²) in [6.07, 6.45) is 4.34. The standard InChI is InChI=1S/C14H13ClN2S/c15-9-2-3-10-8(6-9)7-11-12(10)17-13(18-11)14(16)4-1-5-14/h2-3,6H,1,4-5,7,16H2. The lowest BCUT2D eigenvalue weighted by Gasteiger charge is -2.35. The lowest BCUT2D eigenvalue weighted by atomic mass is 9.78. The number of thiazole rings is 1. The number of nitrogens with two attached hydrogens (primary N) is 1. The molecule has 1 aromatic carbocycles. The number of aromatic nitrogens is 1. The van der Waals surface area contributed by atoms with Crippen LogP contribution >= 0.6 is 22.9 Å². The molecule has 1 saturated carbocycles. The fraction of sp³-hybridized carbons (Fsp3) is 0.357. The predicted molar refractivity (Wildman–Crippen MR) is 75.1 cm³/mol. The largest absolute Gasteiger partial charge is 0.319 e. The van der Waals surface area contributed by atoms with Crippen LogP contribution in [0, 0.1) is 0 Å². The Morgan fingerprint density at radius 3 is 2.89 bits per heavy atom. The van der Waals surface area contributed by atoms with Crippen molar-refractivity contribution in [1.82, 2.24) is 4.98 Å². The Hall–Kier alpha value is -0.900. The summed E-state index contributed by atoms with van der Waals surface area (Å²) in [7, 11) is 0. The molecule has 2 nitrogen and oxygen atoms in total. The van der Waals surface area contributed by atoms with Crippen LogP contribution in [0.4, 0.5) is 0 Å². The molecule has 0 saturated heterocycles. The molecule has 0 bridgehead atoms. The van der Waals surface area contributed by atoms with Crippen LogP contribution in [0.25, 0.3) is 11.3 Å². The van der Waals surface area contributed by atoms with Crippen molar-refractivity contribution >= 4 is 22.9 Å². The average Bonchev–Trinajstić information content (AvgIpc) is 2.82. The van der Waals surface area contributed by atoms with Crippen LogP contribution < -0.4 is 5.73 Å². The van der Waals surface area contributed by atoms with E-state index in [-0.39, 0.29) is 5.54 Å². The summed E-state index contributed by atoms with van der Waals surface area (Å²) in [5.41, 5.74) is 9.89. The molecule has 92 valence electrons. The van der Waals surface area contributed by atoms with Gasteiger partial charge in [0.2, 0.25) is 0 Å². The number of benzene rings is 1. The number of hydrogen-bond acceptors (Lipinski definition) is 3. The van der Waals surface area contributed by atoms with Gasteiger partial charge in [0, 0.05) is 21.9 Å². The second-order valence-corrected chi connectivity index (χ2v) is 6.80. The second kappa shape index (κ2) is 3.56. The minimum atomic E-state index is -0.137. The first-order chi connectivity index (χ1) is 8.66. The molecular formula is C14H13ClN2S. The van der Waals surface area contributed by atoms with Crippen molar-refractivity contribution in [3.8, 4) is 11.3 Å². The number of nitrogens with zero attached hydrogens (tertiary/aromatic N) is 1. The van der Waals surface area contributed by atoms with Gasteiger partial charge in [0.15, 0.2) is 0 Å². The highest BCUT2D eigenvalue weighted by molar-refractivity contribution is 7.12. The molecular weight excluding hydrogens is 264 g/mol. The van der Waals surface area contributed by atoms with Crippen LogP contribution in [-0.4, -0.2) is 4.98 Å². The number of hydrogen-bond donors (Lipinski definition) is 1. The zero-order chi connectivity index (χ0) is 12.3. The van der Waals surface area contributed by atoms with E-state index >= 15 is 0 Å². The molecule has 4 rings (SSSR count). The Bertz CT molecular complexity index is 643. The van der Waals surface area contributed by atoms with Gasteiger partial charge in [-0.15, -0.1) is 11.3 Å². The molecule has 0 aliphatic heterocycles. The van der Waals surface area contributed by atoms with Crippen molar-refractivity contribution in [1.29, 1.82) is 0 Å². The van der Waals surface area contributed by atoms with Crippen LogP contribution in [-0.2, 0) is 12.0 Å². The van der Waals surface area contributed by atoms with Crippen LogP contribution in [0.5, 0.6) is 0 Å². The summed E-state index contributed by atoms with van der Waals surface area (Å²) in [5.74, 6) is 0. The van der Waals surface area contributed by atoms with Gasteiger partial charge >= 0.3 is 0 Å². The van der Waals surface area contributed by atoms with E-state index in [9.17, 15) is 0 Å². The average molecular weight is 277 g/mol. The lowest BCUT2D eigenvalue weighted by molar-refractivity contribution is 0.253. The molecule has 2 aromatic rings. The molecule has 0 spiro atoms. The summed E-state index contributed by atoms with van der Waals surface area (Å²) in [4.78, 5) is 6.15. The maximum atomic E-state index is 6.36. The van der Waals surface area contributed by atoms with Crippen molar-refractivity contribution in [2.45, 2.75) is 31.2 Å². The molecule has 1 heterocycles. The van der Waals surface area contributed by atoms with Crippen molar-refractivity contribution in [3.63, 3.8) is 0 Å². The van der Waals surface area contributed by atoms with Crippen LogP contribution in [0.2, 0.25) is 5.02 Å². The van der Waals surface area contributed by atoms with Crippen molar-refractivity contribution in [3.05, 3.63) is 38.7 Å². The Labute approximate surface area is 115 Å². The topological polar surface area (TPSA) is 38.9 Å². The Balaban J connectivity index is 1.81. The highest BCUT2D eigenvalue weighted by Crippen LogP contribution is 2.46. The molecule has 4 heteroatoms. The molecule has 0 amide bonds. The Morgan fingerprint density at radius 2 is 2.17 bits per heavy atom. The SMILES string of the molecule is NC1(c2nc3c(s2)Cc2cc(Cl)ccc2-3)CCC1. The lowest BCUT2D eigenvalue weighted by Crippen LogP contribution is -2.43. The summed E-state index contributed by atoms with van der Waals surface area (Å²) in [6.45, 7) is 0. The summed E-state index contributed by atoms with van der Waals surface area (Å²) in [5, 5.41) is 1.93. The van der Waals surface area contributed by atoms with E-state index in [2.05, 4.69) is 6.07 Å². The van der Waals surface area contributed by atoms with Crippen LogP contribution in [0.15, 0.2) is 18.2 Å². The summed E-state index contributed by atoms with van der Waals surface area (Å²) < 4.78 is 0. The van der Waals surface area contributed by atoms with Crippen LogP contribution in [0.3, 0.4) is 0 Å². The van der Waals surface area contributed by atoms with Gasteiger partial charge in [0.05, 0.1) is 11.2 Å². The number of fused-ring (bicyclic) bond motifs is 3. The maximum Gasteiger partial charge on any atom is 0.113 e. The van der Waals surface area contributed by atoms with Crippen molar-refractivity contribution in [2.75, 3.05) is 0 Å². The van der Waals surface area contributed by atoms with E-state index in [1.165, 1.54) is 22.4 Å². The molecule has 0 unspecified atom stereocenters. The van der Waals surface area contributed by atoms with Crippen molar-refractivity contribution in [2.24, 2.45) is 5.73 Å². The van der Waals surface area contributed by atoms with Gasteiger partial charge in [0.25, 0.3) is 0 Å². The molecule has 1 aromatic heterocycles. The van der Waals surface area contributed by atoms with Gasteiger partial charge < -0.3 is 5.73 Å². The van der Waals surface area contributed by atoms with E-state index in [4.69, 9.17) is 22.3 Å². The molecule has 2 aliphatic carbocycles. The summed E-state index contributed by atoms with van der Waals surface area (Å²) in [6, 6.07) is 6.07. The van der Waals surface area contributed by atoms with E-state index in [1.807, 2.05) is 12.1 Å². The number of rotatable bonds is 1. The third-order valence-electron chi connectivity index (χ3n) is 4.04. The molecule has 2 N–H and O–H groups in total. The zero-order valence-electron chi connectivity index (χ0n) is 9.87.